The van der Waals surface area contributed by atoms with Crippen molar-refractivity contribution in [1.29, 1.82) is 0 Å². The predicted octanol–water partition coefficient (Wildman–Crippen LogP) is 3.43. The standard InChI is InChI=1S/C15H20ClN3/c1-12(11-18-8-4-5-9-18)19-14-7-3-2-6-13(14)17-15(19)10-16/h2-3,6-7,12H,4-5,8-11H2,1H3. The van der Waals surface area contributed by atoms with E-state index < -0.39 is 0 Å². The van der Waals surface area contributed by atoms with Crippen molar-refractivity contribution in [3.63, 3.8) is 0 Å². The van der Waals surface area contributed by atoms with Crippen LogP contribution in [0.4, 0.5) is 0 Å². The van der Waals surface area contributed by atoms with Crippen LogP contribution in [0.3, 0.4) is 0 Å². The number of aromatic nitrogens is 2. The fourth-order valence-electron chi connectivity index (χ4n) is 3.10. The Morgan fingerprint density at radius 2 is 2.00 bits per heavy atom. The summed E-state index contributed by atoms with van der Waals surface area (Å²) >= 11 is 6.07. The topological polar surface area (TPSA) is 21.1 Å². The lowest BCUT2D eigenvalue weighted by Crippen LogP contribution is -2.27. The molecule has 0 saturated carbocycles. The zero-order valence-electron chi connectivity index (χ0n) is 11.3. The Labute approximate surface area is 119 Å². The molecule has 1 fully saturated rings. The van der Waals surface area contributed by atoms with Crippen LogP contribution in [0.5, 0.6) is 0 Å². The number of para-hydroxylation sites is 2. The summed E-state index contributed by atoms with van der Waals surface area (Å²) in [6, 6.07) is 8.71. The van der Waals surface area contributed by atoms with E-state index in [1.54, 1.807) is 0 Å². The first-order valence-electron chi connectivity index (χ1n) is 7.04. The van der Waals surface area contributed by atoms with Gasteiger partial charge in [-0.2, -0.15) is 0 Å². The van der Waals surface area contributed by atoms with Gasteiger partial charge in [-0.1, -0.05) is 12.1 Å². The summed E-state index contributed by atoms with van der Waals surface area (Å²) in [5.74, 6) is 1.45. The first-order valence-corrected chi connectivity index (χ1v) is 7.57. The van der Waals surface area contributed by atoms with Gasteiger partial charge in [-0.15, -0.1) is 11.6 Å². The van der Waals surface area contributed by atoms with Gasteiger partial charge in [-0.05, 0) is 45.0 Å². The number of hydrogen-bond donors (Lipinski definition) is 0. The average Bonchev–Trinajstić information content (AvgIpc) is 3.04. The van der Waals surface area contributed by atoms with Crippen molar-refractivity contribution < 1.29 is 0 Å². The molecule has 102 valence electrons. The minimum absolute atomic E-state index is 0.416. The van der Waals surface area contributed by atoms with Crippen molar-refractivity contribution in [3.05, 3.63) is 30.1 Å². The Hall–Kier alpha value is -1.06. The third-order valence-electron chi connectivity index (χ3n) is 3.95. The number of nitrogens with zero attached hydrogens (tertiary/aromatic N) is 3. The molecule has 0 radical (unpaired) electrons. The van der Waals surface area contributed by atoms with Crippen molar-refractivity contribution in [1.82, 2.24) is 14.5 Å². The van der Waals surface area contributed by atoms with Crippen LogP contribution in [0.2, 0.25) is 0 Å². The van der Waals surface area contributed by atoms with Crippen LogP contribution in [0.15, 0.2) is 24.3 Å². The normalized spacial score (nSPS) is 18.2. The summed E-state index contributed by atoms with van der Waals surface area (Å²) in [5, 5.41) is 0. The SMILES string of the molecule is CC(CN1CCCC1)n1c(CCl)nc2ccccc21. The van der Waals surface area contributed by atoms with Crippen molar-refractivity contribution >= 4 is 22.6 Å². The van der Waals surface area contributed by atoms with E-state index in [9.17, 15) is 0 Å². The highest BCUT2D eigenvalue weighted by atomic mass is 35.5. The number of halogens is 1. The van der Waals surface area contributed by atoms with E-state index in [4.69, 9.17) is 11.6 Å². The highest BCUT2D eigenvalue weighted by molar-refractivity contribution is 6.16. The minimum Gasteiger partial charge on any atom is -0.323 e. The fourth-order valence-corrected chi connectivity index (χ4v) is 3.29. The van der Waals surface area contributed by atoms with Crippen LogP contribution in [0.25, 0.3) is 11.0 Å². The monoisotopic (exact) mass is 277 g/mol. The van der Waals surface area contributed by atoms with Gasteiger partial charge in [0.1, 0.15) is 5.82 Å². The minimum atomic E-state index is 0.416. The summed E-state index contributed by atoms with van der Waals surface area (Å²) in [6.07, 6.45) is 2.67. The lowest BCUT2D eigenvalue weighted by Gasteiger charge is -2.23. The maximum absolute atomic E-state index is 6.07. The Balaban J connectivity index is 1.93. The molecule has 3 rings (SSSR count). The maximum Gasteiger partial charge on any atom is 0.125 e. The number of benzene rings is 1. The largest absolute Gasteiger partial charge is 0.323 e. The van der Waals surface area contributed by atoms with Gasteiger partial charge in [0, 0.05) is 12.6 Å². The van der Waals surface area contributed by atoms with Gasteiger partial charge in [-0.3, -0.25) is 0 Å². The third kappa shape index (κ3) is 2.49. The van der Waals surface area contributed by atoms with Gasteiger partial charge in [0.15, 0.2) is 0 Å². The highest BCUT2D eigenvalue weighted by Crippen LogP contribution is 2.23. The predicted molar refractivity (Wildman–Crippen MR) is 79.7 cm³/mol. The summed E-state index contributed by atoms with van der Waals surface area (Å²) in [4.78, 5) is 7.18. The van der Waals surface area contributed by atoms with Gasteiger partial charge in [0.25, 0.3) is 0 Å². The Morgan fingerprint density at radius 1 is 1.26 bits per heavy atom. The molecule has 0 aliphatic carbocycles. The van der Waals surface area contributed by atoms with Crippen LogP contribution in [-0.4, -0.2) is 34.1 Å². The molecule has 0 spiro atoms. The number of alkyl halides is 1. The van der Waals surface area contributed by atoms with E-state index in [-0.39, 0.29) is 0 Å². The van der Waals surface area contributed by atoms with Gasteiger partial charge in [0.2, 0.25) is 0 Å². The van der Waals surface area contributed by atoms with Crippen molar-refractivity contribution in [2.24, 2.45) is 0 Å². The number of likely N-dealkylation sites (tertiary alicyclic amines) is 1. The van der Waals surface area contributed by atoms with E-state index in [2.05, 4.69) is 39.6 Å². The van der Waals surface area contributed by atoms with E-state index >= 15 is 0 Å². The van der Waals surface area contributed by atoms with Crippen LogP contribution >= 0.6 is 11.6 Å². The van der Waals surface area contributed by atoms with E-state index in [1.165, 1.54) is 31.4 Å². The van der Waals surface area contributed by atoms with Gasteiger partial charge in [0.05, 0.1) is 16.9 Å². The number of imidazole rings is 1. The van der Waals surface area contributed by atoms with Crippen molar-refractivity contribution in [2.75, 3.05) is 19.6 Å². The first-order chi connectivity index (χ1) is 9.29. The average molecular weight is 278 g/mol. The Morgan fingerprint density at radius 3 is 2.74 bits per heavy atom. The molecule has 1 aliphatic heterocycles. The summed E-state index contributed by atoms with van der Waals surface area (Å²) in [6.45, 7) is 5.81. The van der Waals surface area contributed by atoms with Crippen LogP contribution in [-0.2, 0) is 5.88 Å². The van der Waals surface area contributed by atoms with Gasteiger partial charge >= 0.3 is 0 Å². The Kier molecular flexibility index (Phi) is 3.76. The molecule has 0 N–H and O–H groups in total. The van der Waals surface area contributed by atoms with E-state index in [0.717, 1.165) is 17.9 Å². The fraction of sp³-hybridized carbons (Fsp3) is 0.533. The van der Waals surface area contributed by atoms with Crippen LogP contribution < -0.4 is 0 Å². The molecule has 0 amide bonds. The number of fused-ring (bicyclic) bond motifs is 1. The highest BCUT2D eigenvalue weighted by Gasteiger charge is 2.19. The van der Waals surface area contributed by atoms with Crippen molar-refractivity contribution in [3.8, 4) is 0 Å². The molecule has 2 heterocycles. The molecule has 1 aromatic heterocycles. The van der Waals surface area contributed by atoms with Crippen LogP contribution in [0.1, 0.15) is 31.6 Å². The molecule has 1 unspecified atom stereocenters. The zero-order valence-corrected chi connectivity index (χ0v) is 12.1. The van der Waals surface area contributed by atoms with Crippen LogP contribution in [0, 0.1) is 0 Å². The number of hydrogen-bond acceptors (Lipinski definition) is 2. The Bertz CT molecular complexity index is 558. The van der Waals surface area contributed by atoms with E-state index in [1.807, 2.05) is 6.07 Å². The van der Waals surface area contributed by atoms with Gasteiger partial charge < -0.3 is 9.47 Å². The molecule has 1 saturated heterocycles. The lowest BCUT2D eigenvalue weighted by molar-refractivity contribution is 0.288. The molecule has 19 heavy (non-hydrogen) atoms. The quantitative estimate of drug-likeness (QED) is 0.799. The smallest absolute Gasteiger partial charge is 0.125 e. The molecule has 1 aromatic carbocycles. The second-order valence-corrected chi connectivity index (χ2v) is 5.64. The van der Waals surface area contributed by atoms with Crippen molar-refractivity contribution in [2.45, 2.75) is 31.7 Å². The number of rotatable bonds is 4. The molecule has 1 atom stereocenters. The third-order valence-corrected chi connectivity index (χ3v) is 4.19. The zero-order chi connectivity index (χ0) is 13.2. The van der Waals surface area contributed by atoms with E-state index in [0.29, 0.717) is 11.9 Å². The maximum atomic E-state index is 6.07. The molecule has 4 heteroatoms. The molecular weight excluding hydrogens is 258 g/mol. The summed E-state index contributed by atoms with van der Waals surface area (Å²) < 4.78 is 2.31. The first kappa shape index (κ1) is 12.9. The molecule has 0 bridgehead atoms. The summed E-state index contributed by atoms with van der Waals surface area (Å²) in [7, 11) is 0. The molecule has 3 nitrogen and oxygen atoms in total. The second kappa shape index (κ2) is 5.51. The second-order valence-electron chi connectivity index (χ2n) is 5.38. The molecule has 2 aromatic rings. The lowest BCUT2D eigenvalue weighted by atomic mass is 10.2. The molecule has 1 aliphatic rings. The molecular formula is C15H20ClN3. The van der Waals surface area contributed by atoms with Gasteiger partial charge in [-0.25, -0.2) is 4.98 Å². The summed E-state index contributed by atoms with van der Waals surface area (Å²) in [5.41, 5.74) is 2.25.